The van der Waals surface area contributed by atoms with Crippen LogP contribution in [-0.2, 0) is 48.0 Å². The number of amides is 3. The number of rotatable bonds is 22. The summed E-state index contributed by atoms with van der Waals surface area (Å²) in [5.41, 5.74) is 8.50. The molecule has 4 atom stereocenters. The van der Waals surface area contributed by atoms with Crippen LogP contribution in [0.1, 0.15) is 80.2 Å². The van der Waals surface area contributed by atoms with Crippen LogP contribution in [0.5, 0.6) is 11.6 Å². The Bertz CT molecular complexity index is 2740. The normalized spacial score (nSPS) is 17.8. The molecule has 71 heavy (non-hydrogen) atoms. The first kappa shape index (κ1) is 49.6. The zero-order valence-electron chi connectivity index (χ0n) is 41.0. The second-order valence-corrected chi connectivity index (χ2v) is 18.9. The third-order valence-electron chi connectivity index (χ3n) is 14.3. The van der Waals surface area contributed by atoms with Gasteiger partial charge in [-0.15, -0.1) is 0 Å². The molecule has 374 valence electrons. The SMILES string of the molecule is CNC(C)C(=O)NC(C(=O)N1Cc2cc(OCCOCCOCCOCCOc3ccc(-c4ccc5c(c4)[nH]c4ccncc45)cn3)ccc2C[C@@H]1C(=O)N[C@H]1CCCc2ccccc21)C1CCCCC1. The number of aromatic amines is 1. The van der Waals surface area contributed by atoms with E-state index in [1.807, 2.05) is 60.9 Å². The first-order valence-electron chi connectivity index (χ1n) is 25.4. The number of likely N-dealkylation sites (N-methyl/N-ethyl adjacent to an activating group) is 1. The van der Waals surface area contributed by atoms with Crippen molar-refractivity contribution >= 4 is 39.5 Å². The summed E-state index contributed by atoms with van der Waals surface area (Å²) in [7, 11) is 1.73. The molecule has 3 aromatic carbocycles. The Kier molecular flexibility index (Phi) is 16.9. The summed E-state index contributed by atoms with van der Waals surface area (Å²) in [6.07, 6.45) is 13.5. The summed E-state index contributed by atoms with van der Waals surface area (Å²) in [6.45, 7) is 5.17. The van der Waals surface area contributed by atoms with E-state index in [0.717, 1.165) is 101 Å². The number of nitrogens with zero attached hydrogens (tertiary/aromatic N) is 3. The number of H-pyrrole nitrogens is 1. The van der Waals surface area contributed by atoms with Crippen LogP contribution in [0.15, 0.2) is 97.5 Å². The molecule has 3 aliphatic rings. The summed E-state index contributed by atoms with van der Waals surface area (Å²) < 4.78 is 29.1. The number of nitrogens with one attached hydrogen (secondary N) is 4. The fourth-order valence-corrected chi connectivity index (χ4v) is 10.3. The second kappa shape index (κ2) is 24.2. The highest BCUT2D eigenvalue weighted by Gasteiger charge is 2.42. The van der Waals surface area contributed by atoms with E-state index >= 15 is 0 Å². The van der Waals surface area contributed by atoms with Gasteiger partial charge in [-0.2, -0.15) is 0 Å². The van der Waals surface area contributed by atoms with E-state index in [-0.39, 0.29) is 36.2 Å². The lowest BCUT2D eigenvalue weighted by atomic mass is 9.82. The van der Waals surface area contributed by atoms with Gasteiger partial charge in [0, 0.05) is 65.0 Å². The van der Waals surface area contributed by atoms with E-state index in [1.54, 1.807) is 25.1 Å². The van der Waals surface area contributed by atoms with Crippen molar-refractivity contribution in [2.24, 2.45) is 5.92 Å². The molecule has 0 bridgehead atoms. The number of aryl methyl sites for hydroxylation is 1. The molecule has 15 heteroatoms. The van der Waals surface area contributed by atoms with Crippen LogP contribution in [0.25, 0.3) is 32.9 Å². The average Bonchev–Trinajstić information content (AvgIpc) is 3.79. The van der Waals surface area contributed by atoms with Crippen molar-refractivity contribution in [3.05, 3.63) is 120 Å². The molecule has 1 aliphatic heterocycles. The van der Waals surface area contributed by atoms with Crippen LogP contribution in [-0.4, -0.2) is 116 Å². The Labute approximate surface area is 415 Å². The molecule has 15 nitrogen and oxygen atoms in total. The van der Waals surface area contributed by atoms with Crippen molar-refractivity contribution in [2.75, 3.05) is 59.9 Å². The van der Waals surface area contributed by atoms with Gasteiger partial charge in [-0.25, -0.2) is 4.98 Å². The molecular weight excluding hydrogens is 899 g/mol. The minimum Gasteiger partial charge on any atom is -0.491 e. The number of carbonyl (C=O) groups excluding carboxylic acids is 3. The van der Waals surface area contributed by atoms with Gasteiger partial charge in [0.25, 0.3) is 0 Å². The molecule has 6 aromatic rings. The Morgan fingerprint density at radius 1 is 0.732 bits per heavy atom. The zero-order chi connectivity index (χ0) is 48.9. The van der Waals surface area contributed by atoms with Crippen LogP contribution in [0.2, 0.25) is 0 Å². The Hall–Kier alpha value is -6.39. The summed E-state index contributed by atoms with van der Waals surface area (Å²) in [5, 5.41) is 11.7. The monoisotopic (exact) mass is 966 g/mol. The van der Waals surface area contributed by atoms with Crippen molar-refractivity contribution in [3.8, 4) is 22.8 Å². The van der Waals surface area contributed by atoms with Gasteiger partial charge in [0.15, 0.2) is 0 Å². The van der Waals surface area contributed by atoms with Crippen LogP contribution in [0, 0.1) is 5.92 Å². The third kappa shape index (κ3) is 12.4. The highest BCUT2D eigenvalue weighted by molar-refractivity contribution is 6.07. The zero-order valence-corrected chi connectivity index (χ0v) is 41.0. The molecule has 3 aromatic heterocycles. The van der Waals surface area contributed by atoms with Crippen molar-refractivity contribution in [3.63, 3.8) is 0 Å². The van der Waals surface area contributed by atoms with Crippen molar-refractivity contribution < 1.29 is 38.1 Å². The van der Waals surface area contributed by atoms with Crippen molar-refractivity contribution in [2.45, 2.75) is 95.4 Å². The van der Waals surface area contributed by atoms with E-state index in [1.165, 1.54) is 5.56 Å². The Morgan fingerprint density at radius 2 is 1.49 bits per heavy atom. The molecule has 0 spiro atoms. The topological polar surface area (TPSA) is 178 Å². The minimum absolute atomic E-state index is 0.00813. The first-order chi connectivity index (χ1) is 34.8. The number of carbonyl (C=O) groups is 3. The van der Waals surface area contributed by atoms with Gasteiger partial charge in [0.1, 0.15) is 31.0 Å². The van der Waals surface area contributed by atoms with Crippen LogP contribution in [0.4, 0.5) is 0 Å². The van der Waals surface area contributed by atoms with E-state index in [4.69, 9.17) is 23.7 Å². The summed E-state index contributed by atoms with van der Waals surface area (Å²) >= 11 is 0. The van der Waals surface area contributed by atoms with Gasteiger partial charge in [-0.3, -0.25) is 19.4 Å². The van der Waals surface area contributed by atoms with E-state index in [0.29, 0.717) is 70.9 Å². The number of aromatic nitrogens is 3. The second-order valence-electron chi connectivity index (χ2n) is 18.9. The first-order valence-corrected chi connectivity index (χ1v) is 25.4. The maximum Gasteiger partial charge on any atom is 0.246 e. The van der Waals surface area contributed by atoms with E-state index < -0.39 is 18.1 Å². The van der Waals surface area contributed by atoms with Gasteiger partial charge in [0.05, 0.1) is 51.7 Å². The lowest BCUT2D eigenvalue weighted by Crippen LogP contribution is -2.60. The van der Waals surface area contributed by atoms with Crippen LogP contribution < -0.4 is 25.4 Å². The summed E-state index contributed by atoms with van der Waals surface area (Å²) in [5.74, 6) is 0.576. The molecule has 1 fully saturated rings. The maximum atomic E-state index is 14.9. The Balaban J connectivity index is 0.708. The fourth-order valence-electron chi connectivity index (χ4n) is 10.3. The van der Waals surface area contributed by atoms with Gasteiger partial charge < -0.3 is 49.5 Å². The molecular formula is C56H67N7O8. The molecule has 2 aliphatic carbocycles. The lowest BCUT2D eigenvalue weighted by molar-refractivity contribution is -0.146. The molecule has 1 saturated carbocycles. The maximum absolute atomic E-state index is 14.9. The molecule has 9 rings (SSSR count). The van der Waals surface area contributed by atoms with Gasteiger partial charge in [0.2, 0.25) is 23.6 Å². The lowest BCUT2D eigenvalue weighted by Gasteiger charge is -2.41. The summed E-state index contributed by atoms with van der Waals surface area (Å²) in [4.78, 5) is 56.6. The highest BCUT2D eigenvalue weighted by Crippen LogP contribution is 2.35. The number of hydrogen-bond donors (Lipinski definition) is 4. The molecule has 3 amide bonds. The predicted octanol–water partition coefficient (Wildman–Crippen LogP) is 7.41. The quantitative estimate of drug-likeness (QED) is 0.0499. The van der Waals surface area contributed by atoms with E-state index in [2.05, 4.69) is 61.2 Å². The summed E-state index contributed by atoms with van der Waals surface area (Å²) in [6, 6.07) is 24.3. The molecule has 0 saturated heterocycles. The Morgan fingerprint density at radius 3 is 2.27 bits per heavy atom. The van der Waals surface area contributed by atoms with Gasteiger partial charge >= 0.3 is 0 Å². The molecule has 4 heterocycles. The smallest absolute Gasteiger partial charge is 0.246 e. The number of ether oxygens (including phenoxy) is 5. The van der Waals surface area contributed by atoms with Crippen molar-refractivity contribution in [1.29, 1.82) is 0 Å². The number of hydrogen-bond acceptors (Lipinski definition) is 11. The van der Waals surface area contributed by atoms with Gasteiger partial charge in [-0.05, 0) is 110 Å². The molecule has 4 N–H and O–H groups in total. The number of pyridine rings is 2. The highest BCUT2D eigenvalue weighted by atomic mass is 16.6. The molecule has 0 radical (unpaired) electrons. The van der Waals surface area contributed by atoms with Gasteiger partial charge in [-0.1, -0.05) is 61.7 Å². The number of benzene rings is 3. The third-order valence-corrected chi connectivity index (χ3v) is 14.3. The number of fused-ring (bicyclic) bond motifs is 5. The largest absolute Gasteiger partial charge is 0.491 e. The van der Waals surface area contributed by atoms with E-state index in [9.17, 15) is 14.4 Å². The predicted molar refractivity (Wildman–Crippen MR) is 272 cm³/mol. The fraction of sp³-hybridized carbons (Fsp3) is 0.446. The van der Waals surface area contributed by atoms with Crippen molar-refractivity contribution in [1.82, 2.24) is 35.8 Å². The average molecular weight is 966 g/mol. The minimum atomic E-state index is -0.734. The van der Waals surface area contributed by atoms with Crippen LogP contribution >= 0.6 is 0 Å². The van der Waals surface area contributed by atoms with Crippen LogP contribution in [0.3, 0.4) is 0 Å². The standard InChI is InChI=1S/C56H67N7O8/c1-37(57-2)54(64)62-53(39-10-4-3-5-11-39)56(66)63-36-43-31-44(18-15-41(43)33-51(63)55(65)61-48-14-8-12-38-9-6-7-13-45(38)48)70-29-27-68-25-23-67-24-26-69-28-30-71-52-20-17-42(34-59-52)40-16-19-46-47-35-58-22-21-49(47)60-50(46)32-40/h6-7,9,13,15-22,31-32,34-35,37,39,48,51,53,57,60H,3-5,8,10-12,14,23-30,33,36H2,1-2H3,(H,61,65)(H,62,64)/t37?,48-,51+,53?/m0/s1. The molecule has 2 unspecified atom stereocenters.